The Morgan fingerprint density at radius 1 is 1.00 bits per heavy atom. The number of nitrogens with one attached hydrogen (secondary N) is 2. The Morgan fingerprint density at radius 3 is 2.57 bits per heavy atom. The van der Waals surface area contributed by atoms with E-state index >= 15 is 0 Å². The summed E-state index contributed by atoms with van der Waals surface area (Å²) in [7, 11) is 1.37. The van der Waals surface area contributed by atoms with Crippen LogP contribution in [-0.2, 0) is 27.2 Å². The van der Waals surface area contributed by atoms with Crippen molar-refractivity contribution in [2.24, 2.45) is 0 Å². The third-order valence-corrected chi connectivity index (χ3v) is 8.26. The summed E-state index contributed by atoms with van der Waals surface area (Å²) in [5.74, 6) is -0.254. The van der Waals surface area contributed by atoms with Gasteiger partial charge in [-0.2, -0.15) is 0 Å². The number of benzene rings is 2. The van der Waals surface area contributed by atoms with Gasteiger partial charge < -0.3 is 20.1 Å². The fraction of sp³-hybridized carbons (Fsp3) is 0.321. The lowest BCUT2D eigenvalue weighted by atomic mass is 10.1. The second kappa shape index (κ2) is 12.8. The molecule has 194 valence electrons. The van der Waals surface area contributed by atoms with Gasteiger partial charge in [-0.15, -0.1) is 23.1 Å². The number of fused-ring (bicyclic) bond motifs is 1. The molecule has 0 aliphatic heterocycles. The van der Waals surface area contributed by atoms with Gasteiger partial charge in [0.25, 0.3) is 5.91 Å². The molecule has 0 saturated heterocycles. The second-order valence-electron chi connectivity index (χ2n) is 8.69. The van der Waals surface area contributed by atoms with Crippen molar-refractivity contribution in [1.29, 1.82) is 0 Å². The maximum Gasteiger partial charge on any atom is 0.341 e. The molecule has 3 aromatic rings. The Kier molecular flexibility index (Phi) is 9.24. The van der Waals surface area contributed by atoms with Gasteiger partial charge in [0, 0.05) is 15.5 Å². The van der Waals surface area contributed by atoms with Gasteiger partial charge in [-0.05, 0) is 68.5 Å². The Morgan fingerprint density at radius 2 is 1.78 bits per heavy atom. The maximum absolute atomic E-state index is 13.1. The van der Waals surface area contributed by atoms with E-state index in [0.29, 0.717) is 22.0 Å². The van der Waals surface area contributed by atoms with Gasteiger partial charge in [0.2, 0.25) is 5.91 Å². The smallest absolute Gasteiger partial charge is 0.341 e. The summed E-state index contributed by atoms with van der Waals surface area (Å²) >= 11 is 2.86. The van der Waals surface area contributed by atoms with Gasteiger partial charge in [0.05, 0.1) is 17.9 Å². The number of thiophene rings is 1. The minimum Gasteiger partial charge on any atom is -0.484 e. The van der Waals surface area contributed by atoms with Crippen molar-refractivity contribution in [3.8, 4) is 5.75 Å². The summed E-state index contributed by atoms with van der Waals surface area (Å²) in [6, 6.07) is 16.5. The van der Waals surface area contributed by atoms with Crippen molar-refractivity contribution in [3.05, 3.63) is 70.6 Å². The molecule has 2 amide bonds. The van der Waals surface area contributed by atoms with Crippen molar-refractivity contribution in [2.45, 2.75) is 49.2 Å². The summed E-state index contributed by atoms with van der Waals surface area (Å²) in [4.78, 5) is 39.9. The monoisotopic (exact) mass is 538 g/mol. The number of aryl methyl sites for hydroxylation is 1. The minimum absolute atomic E-state index is 0.104. The zero-order valence-corrected chi connectivity index (χ0v) is 22.5. The van der Waals surface area contributed by atoms with Crippen LogP contribution in [0.1, 0.15) is 47.0 Å². The van der Waals surface area contributed by atoms with E-state index in [0.717, 1.165) is 47.4 Å². The van der Waals surface area contributed by atoms with Crippen molar-refractivity contribution in [3.63, 3.8) is 0 Å². The number of thioether (sulfide) groups is 1. The van der Waals surface area contributed by atoms with Crippen LogP contribution in [0.3, 0.4) is 0 Å². The summed E-state index contributed by atoms with van der Waals surface area (Å²) in [6.07, 6.45) is 4.99. The highest BCUT2D eigenvalue weighted by Gasteiger charge is 2.27. The van der Waals surface area contributed by atoms with Gasteiger partial charge in [-0.1, -0.05) is 30.7 Å². The molecule has 7 nitrogen and oxygen atoms in total. The molecule has 2 N–H and O–H groups in total. The lowest BCUT2D eigenvalue weighted by Gasteiger charge is -2.13. The van der Waals surface area contributed by atoms with E-state index in [1.54, 1.807) is 18.2 Å². The number of hydrogen-bond donors (Lipinski definition) is 2. The lowest BCUT2D eigenvalue weighted by molar-refractivity contribution is -0.118. The number of carbonyl (C=O) groups is 3. The van der Waals surface area contributed by atoms with Gasteiger partial charge in [0.15, 0.2) is 6.61 Å². The molecule has 1 aliphatic carbocycles. The molecular weight excluding hydrogens is 508 g/mol. The van der Waals surface area contributed by atoms with Crippen molar-refractivity contribution in [1.82, 2.24) is 0 Å². The Labute approximate surface area is 224 Å². The molecule has 1 heterocycles. The summed E-state index contributed by atoms with van der Waals surface area (Å²) in [5.41, 5.74) is 2.14. The molecule has 0 radical (unpaired) electrons. The van der Waals surface area contributed by atoms with Crippen molar-refractivity contribution >= 4 is 51.6 Å². The zero-order valence-electron chi connectivity index (χ0n) is 20.9. The van der Waals surface area contributed by atoms with Gasteiger partial charge in [-0.25, -0.2) is 4.79 Å². The second-order valence-corrected chi connectivity index (χ2v) is 11.2. The van der Waals surface area contributed by atoms with E-state index in [-0.39, 0.29) is 18.4 Å². The molecular formula is C28H30N2O5S2. The number of anilines is 2. The van der Waals surface area contributed by atoms with E-state index in [4.69, 9.17) is 9.47 Å². The standard InChI is InChI=1S/C28H30N2O5S2/c1-18(26(32)30-27-25(28(33)34-2)22-14-7-4-8-15-23(22)37-27)36-21-13-9-10-19(16-21)29-24(31)17-35-20-11-5-3-6-12-20/h3,5-6,9-13,16,18H,4,7-8,14-15,17H2,1-2H3,(H,29,31)(H,30,32). The van der Waals surface area contributed by atoms with Gasteiger partial charge in [-0.3, -0.25) is 9.59 Å². The molecule has 1 atom stereocenters. The lowest BCUT2D eigenvalue weighted by Crippen LogP contribution is -2.23. The number of amides is 2. The van der Waals surface area contributed by atoms with Crippen LogP contribution < -0.4 is 15.4 Å². The first-order chi connectivity index (χ1) is 17.9. The first-order valence-corrected chi connectivity index (χ1v) is 13.9. The van der Waals surface area contributed by atoms with Crippen LogP contribution in [0.25, 0.3) is 0 Å². The Bertz CT molecular complexity index is 1260. The van der Waals surface area contributed by atoms with E-state index in [9.17, 15) is 14.4 Å². The minimum atomic E-state index is -0.431. The fourth-order valence-corrected chi connectivity index (χ4v) is 6.34. The summed E-state index contributed by atoms with van der Waals surface area (Å²) in [5, 5.41) is 5.94. The van der Waals surface area contributed by atoms with Crippen LogP contribution in [0.2, 0.25) is 0 Å². The van der Waals surface area contributed by atoms with Crippen LogP contribution in [0.5, 0.6) is 5.75 Å². The van der Waals surface area contributed by atoms with E-state index in [1.165, 1.54) is 30.2 Å². The van der Waals surface area contributed by atoms with Crippen LogP contribution in [0, 0.1) is 0 Å². The average molecular weight is 539 g/mol. The van der Waals surface area contributed by atoms with Crippen LogP contribution in [-0.4, -0.2) is 36.8 Å². The SMILES string of the molecule is COC(=O)c1c(NC(=O)C(C)Sc2cccc(NC(=O)COc3ccccc3)c2)sc2c1CCCCC2. The molecule has 9 heteroatoms. The highest BCUT2D eigenvalue weighted by atomic mass is 32.2. The maximum atomic E-state index is 13.1. The number of methoxy groups -OCH3 is 1. The van der Waals surface area contributed by atoms with Crippen molar-refractivity contribution in [2.75, 3.05) is 24.4 Å². The zero-order chi connectivity index (χ0) is 26.2. The van der Waals surface area contributed by atoms with E-state index < -0.39 is 11.2 Å². The first kappa shape index (κ1) is 26.8. The molecule has 0 spiro atoms. The topological polar surface area (TPSA) is 93.7 Å². The number of esters is 1. The third kappa shape index (κ3) is 7.14. The van der Waals surface area contributed by atoms with Crippen LogP contribution >= 0.6 is 23.1 Å². The Balaban J connectivity index is 1.37. The molecule has 2 aromatic carbocycles. The van der Waals surface area contributed by atoms with Gasteiger partial charge in [0.1, 0.15) is 10.8 Å². The number of ether oxygens (including phenoxy) is 2. The fourth-order valence-electron chi connectivity index (χ4n) is 4.13. The largest absolute Gasteiger partial charge is 0.484 e. The normalized spacial score (nSPS) is 13.6. The predicted molar refractivity (Wildman–Crippen MR) is 148 cm³/mol. The summed E-state index contributed by atoms with van der Waals surface area (Å²) in [6.45, 7) is 1.71. The van der Waals surface area contributed by atoms with Crippen LogP contribution in [0.4, 0.5) is 10.7 Å². The quantitative estimate of drug-likeness (QED) is 0.199. The Hall–Kier alpha value is -3.30. The van der Waals surface area contributed by atoms with E-state index in [1.807, 2.05) is 43.3 Å². The number of hydrogen-bond acceptors (Lipinski definition) is 7. The molecule has 37 heavy (non-hydrogen) atoms. The average Bonchev–Trinajstić information content (AvgIpc) is 3.07. The van der Waals surface area contributed by atoms with E-state index in [2.05, 4.69) is 10.6 Å². The predicted octanol–water partition coefficient (Wildman–Crippen LogP) is 5.94. The van der Waals surface area contributed by atoms with Gasteiger partial charge >= 0.3 is 5.97 Å². The summed E-state index contributed by atoms with van der Waals surface area (Å²) < 4.78 is 10.5. The molecule has 1 unspecified atom stereocenters. The molecule has 1 aromatic heterocycles. The molecule has 0 bridgehead atoms. The molecule has 0 saturated carbocycles. The van der Waals surface area contributed by atoms with Crippen molar-refractivity contribution < 1.29 is 23.9 Å². The molecule has 0 fully saturated rings. The highest BCUT2D eigenvalue weighted by Crippen LogP contribution is 2.38. The first-order valence-electron chi connectivity index (χ1n) is 12.2. The number of rotatable bonds is 9. The number of para-hydroxylation sites is 1. The third-order valence-electron chi connectivity index (χ3n) is 5.96. The molecule has 4 rings (SSSR count). The highest BCUT2D eigenvalue weighted by molar-refractivity contribution is 8.00. The van der Waals surface area contributed by atoms with Crippen LogP contribution in [0.15, 0.2) is 59.5 Å². The molecule has 1 aliphatic rings. The number of carbonyl (C=O) groups excluding carboxylic acids is 3.